The van der Waals surface area contributed by atoms with E-state index in [2.05, 4.69) is 30.9 Å². The molecule has 0 radical (unpaired) electrons. The normalized spacial score (nSPS) is 13.3. The highest BCUT2D eigenvalue weighted by Gasteiger charge is 2.31. The molecule has 21 nitrogen and oxygen atoms in total. The smallest absolute Gasteiger partial charge is 0.410 e. The van der Waals surface area contributed by atoms with E-state index >= 15 is 0 Å². The van der Waals surface area contributed by atoms with Crippen LogP contribution in [-0.2, 0) is 54.8 Å². The number of nitrogens with one attached hydrogen (secondary N) is 4. The molecule has 0 spiro atoms. The number of aryl methyl sites for hydroxylation is 1. The molecule has 6 rings (SSSR count). The Morgan fingerprint density at radius 2 is 1.65 bits per heavy atom. The molecule has 0 saturated heterocycles. The van der Waals surface area contributed by atoms with Crippen molar-refractivity contribution in [1.82, 2.24) is 50.1 Å². The highest BCUT2D eigenvalue weighted by molar-refractivity contribution is 5.93. The summed E-state index contributed by atoms with van der Waals surface area (Å²) in [5.74, 6) is -1.17. The van der Waals surface area contributed by atoms with Crippen LogP contribution in [0.15, 0.2) is 65.6 Å². The average molecular weight is 979 g/mol. The molecule has 2 aromatic carbocycles. The second-order valence-electron chi connectivity index (χ2n) is 18.3. The maximum Gasteiger partial charge on any atom is 0.410 e. The number of nitrogen functional groups attached to an aromatic ring is 1. The van der Waals surface area contributed by atoms with Crippen molar-refractivity contribution < 1.29 is 38.2 Å². The first-order chi connectivity index (χ1) is 34.0. The minimum absolute atomic E-state index is 0.00569. The van der Waals surface area contributed by atoms with E-state index in [4.69, 9.17) is 26.0 Å². The second-order valence-corrected chi connectivity index (χ2v) is 18.3. The zero-order valence-corrected chi connectivity index (χ0v) is 40.9. The Morgan fingerprint density at radius 3 is 2.32 bits per heavy atom. The van der Waals surface area contributed by atoms with Crippen molar-refractivity contribution in [2.75, 3.05) is 38.6 Å². The fourth-order valence-electron chi connectivity index (χ4n) is 8.23. The Balaban J connectivity index is 0.991. The number of imidazole rings is 1. The predicted octanol–water partition coefficient (Wildman–Crippen LogP) is 3.93. The molecule has 0 aliphatic heterocycles. The maximum atomic E-state index is 13.8. The molecule has 5 aromatic rings. The molecular weight excluding hydrogens is 913 g/mol. The van der Waals surface area contributed by atoms with Crippen molar-refractivity contribution in [1.29, 1.82) is 0 Å². The van der Waals surface area contributed by atoms with Gasteiger partial charge in [-0.15, -0.1) is 0 Å². The quantitative estimate of drug-likeness (QED) is 0.0407. The lowest BCUT2D eigenvalue weighted by atomic mass is 9.88. The number of benzene rings is 2. The van der Waals surface area contributed by atoms with E-state index in [0.717, 1.165) is 41.6 Å². The zero-order valence-electron chi connectivity index (χ0n) is 40.9. The summed E-state index contributed by atoms with van der Waals surface area (Å²) >= 11 is 0. The topological polar surface area (TPSA) is 294 Å². The molecule has 1 fully saturated rings. The van der Waals surface area contributed by atoms with Crippen LogP contribution in [0.3, 0.4) is 0 Å². The average Bonchev–Trinajstić information content (AvgIpc) is 3.91. The summed E-state index contributed by atoms with van der Waals surface area (Å²) in [6.07, 6.45) is 4.94. The molecule has 380 valence electrons. The van der Waals surface area contributed by atoms with Crippen LogP contribution in [0, 0.1) is 18.8 Å². The predicted molar refractivity (Wildman–Crippen MR) is 265 cm³/mol. The van der Waals surface area contributed by atoms with Crippen molar-refractivity contribution in [3.8, 4) is 11.3 Å². The Morgan fingerprint density at radius 1 is 0.930 bits per heavy atom. The Kier molecular flexibility index (Phi) is 19.0. The van der Waals surface area contributed by atoms with Crippen LogP contribution in [-0.4, -0.2) is 115 Å². The molecule has 1 aliphatic carbocycles. The largest absolute Gasteiger partial charge is 0.445 e. The lowest BCUT2D eigenvalue weighted by molar-refractivity contribution is -0.133. The number of nitrogens with two attached hydrogens (primary N) is 2. The van der Waals surface area contributed by atoms with Crippen LogP contribution < -0.4 is 33.1 Å². The van der Waals surface area contributed by atoms with Gasteiger partial charge in [-0.3, -0.25) is 28.4 Å². The number of primary amides is 1. The fraction of sp³-hybridized carbons (Fsp3) is 0.480. The third kappa shape index (κ3) is 15.5. The van der Waals surface area contributed by atoms with Gasteiger partial charge < -0.3 is 46.8 Å². The molecule has 5 amide bonds. The summed E-state index contributed by atoms with van der Waals surface area (Å²) in [5, 5.41) is 12.8. The standard InChI is InChI=1S/C50H66N12O9/c1-31(2)40(28-39(64)19-25-70-26-21-53-33(4)63)47(66)57-42(9-6-20-54-48(52)67)43(65)27-34-10-12-36(13-11-34)30-71-50(69)61(38-7-5-8-38)24-23-60-22-18-41(59-60)37-16-14-35(15-17-37)29-62-46-44(58-49(62)68)45(51)55-32(3)56-46/h10-18,22,31,38,40,42H,5-9,19-21,23-30H2,1-4H3,(H,53,63)(H,57,66)(H,58,68)(H2,51,55,56)(H3,52,54,67)/t40-,42-/m0/s1. The van der Waals surface area contributed by atoms with Gasteiger partial charge >= 0.3 is 17.8 Å². The van der Waals surface area contributed by atoms with Crippen LogP contribution >= 0.6 is 0 Å². The molecular formula is C50H66N12O9. The fourth-order valence-corrected chi connectivity index (χ4v) is 8.23. The van der Waals surface area contributed by atoms with Gasteiger partial charge in [0.1, 0.15) is 23.7 Å². The number of carbonyl (C=O) groups excluding carboxylic acids is 6. The number of ether oxygens (including phenoxy) is 2. The number of hydrogen-bond donors (Lipinski definition) is 6. The van der Waals surface area contributed by atoms with Gasteiger partial charge in [0.15, 0.2) is 17.2 Å². The second kappa shape index (κ2) is 25.4. The number of urea groups is 1. The van der Waals surface area contributed by atoms with Gasteiger partial charge in [0, 0.05) is 69.5 Å². The van der Waals surface area contributed by atoms with Gasteiger partial charge in [-0.05, 0) is 67.7 Å². The first kappa shape index (κ1) is 52.9. The summed E-state index contributed by atoms with van der Waals surface area (Å²) < 4.78 is 14.6. The maximum absolute atomic E-state index is 13.8. The van der Waals surface area contributed by atoms with E-state index < -0.39 is 30.0 Å². The van der Waals surface area contributed by atoms with Gasteiger partial charge in [-0.2, -0.15) is 5.10 Å². The number of rotatable bonds is 27. The number of hydrogen-bond acceptors (Lipinski definition) is 13. The monoisotopic (exact) mass is 979 g/mol. The van der Waals surface area contributed by atoms with Crippen LogP contribution in [0.2, 0.25) is 0 Å². The number of carbonyl (C=O) groups is 6. The molecule has 71 heavy (non-hydrogen) atoms. The van der Waals surface area contributed by atoms with Gasteiger partial charge in [-0.25, -0.2) is 24.4 Å². The first-order valence-electron chi connectivity index (χ1n) is 24.1. The van der Waals surface area contributed by atoms with Crippen LogP contribution in [0.4, 0.5) is 15.4 Å². The summed E-state index contributed by atoms with van der Waals surface area (Å²) in [5.41, 5.74) is 15.7. The number of amides is 5. The number of aromatic nitrogens is 6. The number of Topliss-reactive ketones (excluding diaryl/α,β-unsaturated/α-hetero) is 2. The molecule has 3 aromatic heterocycles. The van der Waals surface area contributed by atoms with Gasteiger partial charge in [-0.1, -0.05) is 62.4 Å². The molecule has 0 unspecified atom stereocenters. The van der Waals surface area contributed by atoms with Gasteiger partial charge in [0.25, 0.3) is 0 Å². The lowest BCUT2D eigenvalue weighted by Gasteiger charge is -2.36. The molecule has 3 heterocycles. The number of aromatic amines is 1. The Bertz CT molecular complexity index is 2690. The number of H-pyrrole nitrogens is 1. The van der Waals surface area contributed by atoms with E-state index in [1.165, 1.54) is 11.5 Å². The Hall–Kier alpha value is -7.42. The Labute approximate surface area is 411 Å². The van der Waals surface area contributed by atoms with Gasteiger partial charge in [0.2, 0.25) is 11.8 Å². The molecule has 1 saturated carbocycles. The van der Waals surface area contributed by atoms with Crippen LogP contribution in [0.5, 0.6) is 0 Å². The summed E-state index contributed by atoms with van der Waals surface area (Å²) in [6, 6.07) is 15.3. The number of ketones is 2. The summed E-state index contributed by atoms with van der Waals surface area (Å²) in [7, 11) is 0. The van der Waals surface area contributed by atoms with E-state index in [-0.39, 0.29) is 93.0 Å². The highest BCUT2D eigenvalue weighted by atomic mass is 16.6. The van der Waals surface area contributed by atoms with E-state index in [1.54, 1.807) is 40.8 Å². The van der Waals surface area contributed by atoms with Crippen LogP contribution in [0.25, 0.3) is 22.4 Å². The molecule has 2 atom stereocenters. The molecule has 0 bridgehead atoms. The molecule has 1 aliphatic rings. The zero-order chi connectivity index (χ0) is 51.0. The van der Waals surface area contributed by atoms with E-state index in [0.29, 0.717) is 55.2 Å². The highest BCUT2D eigenvalue weighted by Crippen LogP contribution is 2.26. The van der Waals surface area contributed by atoms with Crippen molar-refractivity contribution in [3.05, 3.63) is 93.8 Å². The third-order valence-corrected chi connectivity index (χ3v) is 12.5. The van der Waals surface area contributed by atoms with Crippen molar-refractivity contribution in [3.63, 3.8) is 0 Å². The molecule has 21 heteroatoms. The van der Waals surface area contributed by atoms with E-state index in [9.17, 15) is 33.6 Å². The number of nitrogens with zero attached hydrogens (tertiary/aromatic N) is 6. The van der Waals surface area contributed by atoms with Crippen molar-refractivity contribution >= 4 is 52.5 Å². The summed E-state index contributed by atoms with van der Waals surface area (Å²) in [6.45, 7) is 8.95. The number of anilines is 1. The van der Waals surface area contributed by atoms with E-state index in [1.807, 2.05) is 50.4 Å². The van der Waals surface area contributed by atoms with Crippen molar-refractivity contribution in [2.45, 2.75) is 111 Å². The van der Waals surface area contributed by atoms with Gasteiger partial charge in [0.05, 0.1) is 38.0 Å². The molecule has 8 N–H and O–H groups in total. The minimum Gasteiger partial charge on any atom is -0.445 e. The third-order valence-electron chi connectivity index (χ3n) is 12.5. The SMILES string of the molecule is CC(=O)NCCOCCC(=O)C[C@H](C(=O)N[C@@H](CCCNC(N)=O)C(=O)Cc1ccc(COC(=O)N(CCn2ccc(-c3ccc(Cn4c(=O)[nH]c5c(N)nc(C)nc54)cc3)n2)C2CCC2)cc1)C(C)C. The summed E-state index contributed by atoms with van der Waals surface area (Å²) in [4.78, 5) is 102. The lowest BCUT2D eigenvalue weighted by Crippen LogP contribution is -2.46. The minimum atomic E-state index is -0.887. The first-order valence-corrected chi connectivity index (χ1v) is 24.1. The van der Waals surface area contributed by atoms with Crippen molar-refractivity contribution in [2.24, 2.45) is 17.6 Å². The van der Waals surface area contributed by atoms with Crippen LogP contribution in [0.1, 0.15) is 88.2 Å². The number of fused-ring (bicyclic) bond motifs is 1.